The molecule has 1 aromatic heterocycles. The Bertz CT molecular complexity index is 619. The highest BCUT2D eigenvalue weighted by atomic mass is 19.1. The van der Waals surface area contributed by atoms with Gasteiger partial charge in [-0.3, -0.25) is 4.68 Å². The maximum atomic E-state index is 14.4. The molecule has 0 aliphatic rings. The summed E-state index contributed by atoms with van der Waals surface area (Å²) >= 11 is 0. The van der Waals surface area contributed by atoms with Gasteiger partial charge in [-0.1, -0.05) is 6.07 Å². The maximum absolute atomic E-state index is 14.4. The predicted molar refractivity (Wildman–Crippen MR) is 76.5 cm³/mol. The van der Waals surface area contributed by atoms with Crippen LogP contribution in [0.15, 0.2) is 18.3 Å². The molecule has 0 amide bonds. The third kappa shape index (κ3) is 2.63. The number of hydrogen-bond acceptors (Lipinski definition) is 3. The quantitative estimate of drug-likeness (QED) is 0.922. The summed E-state index contributed by atoms with van der Waals surface area (Å²) < 4.78 is 35.5. The molecule has 0 bridgehead atoms. The van der Waals surface area contributed by atoms with E-state index >= 15 is 0 Å². The van der Waals surface area contributed by atoms with Crippen molar-refractivity contribution in [1.82, 2.24) is 15.1 Å². The molecule has 0 fully saturated rings. The number of ether oxygens (including phenoxy) is 1. The Balaban J connectivity index is 2.66. The molecule has 4 nitrogen and oxygen atoms in total. The molecule has 2 aromatic rings. The van der Waals surface area contributed by atoms with Gasteiger partial charge >= 0.3 is 0 Å². The van der Waals surface area contributed by atoms with Crippen molar-refractivity contribution < 1.29 is 13.5 Å². The first kappa shape index (κ1) is 15.4. The van der Waals surface area contributed by atoms with Gasteiger partial charge < -0.3 is 10.1 Å². The van der Waals surface area contributed by atoms with Gasteiger partial charge in [-0.15, -0.1) is 0 Å². The average Bonchev–Trinajstić information content (AvgIpc) is 2.90. The number of benzene rings is 1. The number of hydrogen-bond donors (Lipinski definition) is 1. The summed E-state index contributed by atoms with van der Waals surface area (Å²) in [5.41, 5.74) is 0.977. The normalized spacial score (nSPS) is 12.5. The molecule has 1 atom stereocenters. The minimum Gasteiger partial charge on any atom is -0.493 e. The van der Waals surface area contributed by atoms with Gasteiger partial charge in [0.1, 0.15) is 17.3 Å². The average molecular weight is 295 g/mol. The Morgan fingerprint density at radius 3 is 2.67 bits per heavy atom. The lowest BCUT2D eigenvalue weighted by molar-refractivity contribution is 0.398. The molecule has 0 spiro atoms. The topological polar surface area (TPSA) is 39.1 Å². The van der Waals surface area contributed by atoms with Crippen LogP contribution in [0.4, 0.5) is 8.78 Å². The van der Waals surface area contributed by atoms with Crippen molar-refractivity contribution in [3.8, 4) is 5.75 Å². The largest absolute Gasteiger partial charge is 0.493 e. The summed E-state index contributed by atoms with van der Waals surface area (Å²) in [4.78, 5) is 0. The zero-order chi connectivity index (χ0) is 15.6. The van der Waals surface area contributed by atoms with Crippen molar-refractivity contribution in [3.63, 3.8) is 0 Å². The van der Waals surface area contributed by atoms with Gasteiger partial charge in [-0.2, -0.15) is 5.10 Å². The van der Waals surface area contributed by atoms with E-state index in [2.05, 4.69) is 10.4 Å². The number of aryl methyl sites for hydroxylation is 2. The van der Waals surface area contributed by atoms with E-state index in [0.29, 0.717) is 23.6 Å². The molecule has 0 saturated heterocycles. The lowest BCUT2D eigenvalue weighted by Gasteiger charge is -2.21. The Morgan fingerprint density at radius 1 is 1.38 bits per heavy atom. The van der Waals surface area contributed by atoms with E-state index in [1.165, 1.54) is 19.2 Å². The van der Waals surface area contributed by atoms with Gasteiger partial charge in [0.2, 0.25) is 0 Å². The lowest BCUT2D eigenvalue weighted by atomic mass is 9.99. The standard InChI is InChI=1S/C15H19F2N3O/c1-5-20-15(11(21-4)8-19-20)14(18-3)12-10(16)7-6-9(2)13(12)17/h6-8,14,18H,5H2,1-4H3. The van der Waals surface area contributed by atoms with E-state index < -0.39 is 17.7 Å². The van der Waals surface area contributed by atoms with Crippen molar-refractivity contribution in [3.05, 3.63) is 46.8 Å². The molecular weight excluding hydrogens is 276 g/mol. The van der Waals surface area contributed by atoms with Crippen molar-refractivity contribution in [2.45, 2.75) is 26.4 Å². The van der Waals surface area contributed by atoms with Crippen molar-refractivity contribution in [2.24, 2.45) is 0 Å². The Morgan fingerprint density at radius 2 is 2.10 bits per heavy atom. The number of halogens is 2. The fourth-order valence-electron chi connectivity index (χ4n) is 2.44. The van der Waals surface area contributed by atoms with E-state index in [1.807, 2.05) is 6.92 Å². The van der Waals surface area contributed by atoms with Gasteiger partial charge in [-0.05, 0) is 32.5 Å². The van der Waals surface area contributed by atoms with Gasteiger partial charge in [0.05, 0.1) is 19.3 Å². The minimum atomic E-state index is -0.678. The second-order valence-electron chi connectivity index (χ2n) is 4.73. The molecule has 1 aromatic carbocycles. The highest BCUT2D eigenvalue weighted by Gasteiger charge is 2.27. The molecule has 0 aliphatic heterocycles. The molecule has 21 heavy (non-hydrogen) atoms. The SMILES string of the molecule is CCn1ncc(OC)c1C(NC)c1c(F)ccc(C)c1F. The summed E-state index contributed by atoms with van der Waals surface area (Å²) in [5.74, 6) is -0.653. The fourth-order valence-corrected chi connectivity index (χ4v) is 2.44. The van der Waals surface area contributed by atoms with Crippen molar-refractivity contribution >= 4 is 0 Å². The predicted octanol–water partition coefficient (Wildman–Crippen LogP) is 2.81. The van der Waals surface area contributed by atoms with Gasteiger partial charge in [0, 0.05) is 12.1 Å². The maximum Gasteiger partial charge on any atom is 0.161 e. The number of aromatic nitrogens is 2. The van der Waals surface area contributed by atoms with Crippen LogP contribution in [-0.2, 0) is 6.54 Å². The highest BCUT2D eigenvalue weighted by molar-refractivity contribution is 5.39. The summed E-state index contributed by atoms with van der Waals surface area (Å²) in [6, 6.07) is 2.02. The van der Waals surface area contributed by atoms with E-state index in [0.717, 1.165) is 0 Å². The van der Waals surface area contributed by atoms with Crippen LogP contribution in [0.3, 0.4) is 0 Å². The fraction of sp³-hybridized carbons (Fsp3) is 0.400. The molecule has 2 rings (SSSR count). The number of rotatable bonds is 5. The van der Waals surface area contributed by atoms with E-state index in [4.69, 9.17) is 4.74 Å². The van der Waals surface area contributed by atoms with Crippen LogP contribution in [-0.4, -0.2) is 23.9 Å². The molecule has 1 unspecified atom stereocenters. The first-order valence-corrected chi connectivity index (χ1v) is 6.76. The molecule has 1 N–H and O–H groups in total. The second-order valence-corrected chi connectivity index (χ2v) is 4.73. The zero-order valence-corrected chi connectivity index (χ0v) is 12.6. The van der Waals surface area contributed by atoms with E-state index in [1.54, 1.807) is 24.9 Å². The monoisotopic (exact) mass is 295 g/mol. The molecule has 0 saturated carbocycles. The van der Waals surface area contributed by atoms with E-state index in [-0.39, 0.29) is 5.56 Å². The number of nitrogens with zero attached hydrogens (tertiary/aromatic N) is 2. The minimum absolute atomic E-state index is 0.0222. The van der Waals surface area contributed by atoms with Gasteiger partial charge in [0.15, 0.2) is 5.75 Å². The van der Waals surface area contributed by atoms with Crippen LogP contribution in [0.1, 0.15) is 29.8 Å². The first-order valence-electron chi connectivity index (χ1n) is 6.76. The molecule has 1 heterocycles. The highest BCUT2D eigenvalue weighted by Crippen LogP contribution is 2.33. The smallest absolute Gasteiger partial charge is 0.161 e. The zero-order valence-electron chi connectivity index (χ0n) is 12.6. The van der Waals surface area contributed by atoms with Crippen molar-refractivity contribution in [2.75, 3.05) is 14.2 Å². The van der Waals surface area contributed by atoms with Crippen LogP contribution in [0.25, 0.3) is 0 Å². The summed E-state index contributed by atoms with van der Waals surface area (Å²) in [6.07, 6.45) is 1.55. The Labute approximate surface area is 122 Å². The summed E-state index contributed by atoms with van der Waals surface area (Å²) in [5, 5.41) is 7.15. The van der Waals surface area contributed by atoms with E-state index in [9.17, 15) is 8.78 Å². The number of methoxy groups -OCH3 is 1. The Kier molecular flexibility index (Phi) is 4.57. The summed E-state index contributed by atoms with van der Waals surface area (Å²) in [7, 11) is 3.16. The van der Waals surface area contributed by atoms with Crippen LogP contribution >= 0.6 is 0 Å². The molecule has 0 aliphatic carbocycles. The molecular formula is C15H19F2N3O. The third-order valence-electron chi connectivity index (χ3n) is 3.53. The van der Waals surface area contributed by atoms with Crippen LogP contribution in [0, 0.1) is 18.6 Å². The van der Waals surface area contributed by atoms with Crippen LogP contribution in [0.5, 0.6) is 5.75 Å². The molecule has 0 radical (unpaired) electrons. The third-order valence-corrected chi connectivity index (χ3v) is 3.53. The van der Waals surface area contributed by atoms with Crippen LogP contribution < -0.4 is 10.1 Å². The molecule has 6 heteroatoms. The van der Waals surface area contributed by atoms with Crippen LogP contribution in [0.2, 0.25) is 0 Å². The first-order chi connectivity index (χ1) is 10.0. The van der Waals surface area contributed by atoms with Gasteiger partial charge in [0.25, 0.3) is 0 Å². The Hall–Kier alpha value is -1.95. The van der Waals surface area contributed by atoms with Crippen molar-refractivity contribution in [1.29, 1.82) is 0 Å². The number of nitrogens with one attached hydrogen (secondary N) is 1. The van der Waals surface area contributed by atoms with Gasteiger partial charge in [-0.25, -0.2) is 8.78 Å². The second kappa shape index (κ2) is 6.22. The lowest BCUT2D eigenvalue weighted by Crippen LogP contribution is -2.24. The molecule has 114 valence electrons. The summed E-state index contributed by atoms with van der Waals surface area (Å²) in [6.45, 7) is 4.09.